The second-order valence-corrected chi connectivity index (χ2v) is 9.21. The molecule has 2 bridgehead atoms. The Morgan fingerprint density at radius 1 is 1.07 bits per heavy atom. The summed E-state index contributed by atoms with van der Waals surface area (Å²) in [6.45, 7) is 0.653. The van der Waals surface area contributed by atoms with E-state index in [1.165, 1.54) is 25.7 Å². The number of anilines is 1. The highest BCUT2D eigenvalue weighted by Crippen LogP contribution is 2.58. The molecule has 28 heavy (non-hydrogen) atoms. The third-order valence-electron chi connectivity index (χ3n) is 7.92. The van der Waals surface area contributed by atoms with Gasteiger partial charge in [0, 0.05) is 30.8 Å². The van der Waals surface area contributed by atoms with Crippen LogP contribution in [0, 0.1) is 29.6 Å². The van der Waals surface area contributed by atoms with Crippen LogP contribution in [-0.2, 0) is 9.59 Å². The van der Waals surface area contributed by atoms with Crippen molar-refractivity contribution >= 4 is 17.5 Å². The predicted octanol–water partition coefficient (Wildman–Crippen LogP) is 2.71. The monoisotopic (exact) mass is 382 g/mol. The highest BCUT2D eigenvalue weighted by molar-refractivity contribution is 6.00. The molecule has 6 unspecified atom stereocenters. The first kappa shape index (κ1) is 16.7. The molecule has 5 aliphatic rings. The summed E-state index contributed by atoms with van der Waals surface area (Å²) < 4.78 is 10.8. The summed E-state index contributed by atoms with van der Waals surface area (Å²) in [4.78, 5) is 27.2. The minimum Gasteiger partial charge on any atom is -0.454 e. The van der Waals surface area contributed by atoms with Gasteiger partial charge in [0.2, 0.25) is 18.6 Å². The van der Waals surface area contributed by atoms with Gasteiger partial charge in [-0.05, 0) is 61.5 Å². The molecule has 6 atom stereocenters. The van der Waals surface area contributed by atoms with Crippen LogP contribution >= 0.6 is 0 Å². The number of nitrogens with zero attached hydrogens (tertiary/aromatic N) is 1. The van der Waals surface area contributed by atoms with Gasteiger partial charge in [-0.1, -0.05) is 6.42 Å². The lowest BCUT2D eigenvalue weighted by molar-refractivity contribution is -0.127. The van der Waals surface area contributed by atoms with Gasteiger partial charge in [0.15, 0.2) is 11.5 Å². The van der Waals surface area contributed by atoms with Crippen LogP contribution < -0.4 is 19.7 Å². The second-order valence-electron chi connectivity index (χ2n) is 9.21. The average Bonchev–Trinajstić information content (AvgIpc) is 3.47. The Morgan fingerprint density at radius 3 is 2.86 bits per heavy atom. The molecule has 2 heterocycles. The number of carbonyl (C=O) groups excluding carboxylic acids is 2. The topological polar surface area (TPSA) is 67.9 Å². The number of rotatable bonds is 3. The molecule has 6 heteroatoms. The van der Waals surface area contributed by atoms with Gasteiger partial charge in [-0.3, -0.25) is 9.59 Å². The highest BCUT2D eigenvalue weighted by atomic mass is 16.7. The maximum atomic E-state index is 12.9. The van der Waals surface area contributed by atoms with E-state index in [-0.39, 0.29) is 30.9 Å². The molecule has 2 amide bonds. The molecule has 148 valence electrons. The summed E-state index contributed by atoms with van der Waals surface area (Å²) in [5, 5.41) is 3.34. The smallest absolute Gasteiger partial charge is 0.231 e. The van der Waals surface area contributed by atoms with Gasteiger partial charge in [0.05, 0.1) is 5.92 Å². The average molecular weight is 382 g/mol. The van der Waals surface area contributed by atoms with Crippen molar-refractivity contribution in [1.82, 2.24) is 5.32 Å². The molecule has 6 rings (SSSR count). The van der Waals surface area contributed by atoms with Crippen LogP contribution in [0.1, 0.15) is 38.5 Å². The second kappa shape index (κ2) is 6.13. The quantitative estimate of drug-likeness (QED) is 0.873. The molecule has 3 aliphatic carbocycles. The zero-order valence-electron chi connectivity index (χ0n) is 15.9. The van der Waals surface area contributed by atoms with Gasteiger partial charge in [-0.2, -0.15) is 0 Å². The number of hydrogen-bond acceptors (Lipinski definition) is 4. The molecular formula is C22H26N2O4. The minimum absolute atomic E-state index is 0.00261. The lowest BCUT2D eigenvalue weighted by atomic mass is 9.79. The van der Waals surface area contributed by atoms with Crippen molar-refractivity contribution in [3.63, 3.8) is 0 Å². The molecule has 4 fully saturated rings. The molecule has 1 aromatic rings. The number of fused-ring (bicyclic) bond motifs is 6. The largest absolute Gasteiger partial charge is 0.454 e. The van der Waals surface area contributed by atoms with E-state index in [1.807, 2.05) is 18.2 Å². The van der Waals surface area contributed by atoms with Gasteiger partial charge in [0.25, 0.3) is 0 Å². The van der Waals surface area contributed by atoms with Gasteiger partial charge in [-0.25, -0.2) is 0 Å². The minimum atomic E-state index is -0.267. The van der Waals surface area contributed by atoms with Crippen molar-refractivity contribution in [3.8, 4) is 11.5 Å². The van der Waals surface area contributed by atoms with E-state index in [2.05, 4.69) is 5.32 Å². The van der Waals surface area contributed by atoms with Crippen LogP contribution in [0.25, 0.3) is 0 Å². The number of nitrogens with one attached hydrogen (secondary N) is 1. The first-order valence-electron chi connectivity index (χ1n) is 10.7. The molecule has 2 aliphatic heterocycles. The Hall–Kier alpha value is -2.24. The summed E-state index contributed by atoms with van der Waals surface area (Å²) in [5.41, 5.74) is 0.776. The Bertz CT molecular complexity index is 840. The molecule has 6 nitrogen and oxygen atoms in total. The lowest BCUT2D eigenvalue weighted by Crippen LogP contribution is -2.45. The van der Waals surface area contributed by atoms with E-state index >= 15 is 0 Å². The molecule has 0 radical (unpaired) electrons. The first-order valence-corrected chi connectivity index (χ1v) is 10.7. The fraction of sp³-hybridized carbons (Fsp3) is 0.636. The third kappa shape index (κ3) is 2.46. The number of hydrogen-bond donors (Lipinski definition) is 1. The number of benzene rings is 1. The summed E-state index contributed by atoms with van der Waals surface area (Å²) in [5.74, 6) is 4.40. The van der Waals surface area contributed by atoms with Gasteiger partial charge < -0.3 is 19.7 Å². The number of ether oxygens (including phenoxy) is 2. The Morgan fingerprint density at radius 2 is 1.93 bits per heavy atom. The summed E-state index contributed by atoms with van der Waals surface area (Å²) in [6.07, 6.45) is 6.83. The summed E-state index contributed by atoms with van der Waals surface area (Å²) >= 11 is 0. The van der Waals surface area contributed by atoms with E-state index in [0.29, 0.717) is 30.0 Å². The zero-order valence-corrected chi connectivity index (χ0v) is 15.9. The standard InChI is InChI=1S/C22H26N2O4/c25-21-8-13(10-24(21)14-4-5-19-20(9-14)28-11-27-19)22(26)23-18-7-12-6-17(18)16-3-1-2-15(12)16/h4-5,9,12-13,15-18H,1-3,6-8,10-11H2,(H,23,26). The van der Waals surface area contributed by atoms with Crippen LogP contribution in [0.2, 0.25) is 0 Å². The molecular weight excluding hydrogens is 356 g/mol. The molecule has 3 saturated carbocycles. The highest BCUT2D eigenvalue weighted by Gasteiger charge is 2.54. The molecule has 1 aromatic carbocycles. The van der Waals surface area contributed by atoms with E-state index in [4.69, 9.17) is 9.47 Å². The van der Waals surface area contributed by atoms with Gasteiger partial charge >= 0.3 is 0 Å². The molecule has 1 saturated heterocycles. The Balaban J connectivity index is 1.12. The van der Waals surface area contributed by atoms with Crippen molar-refractivity contribution in [2.45, 2.75) is 44.6 Å². The normalized spacial score (nSPS) is 37.6. The maximum absolute atomic E-state index is 12.9. The third-order valence-corrected chi connectivity index (χ3v) is 7.92. The van der Waals surface area contributed by atoms with Crippen molar-refractivity contribution in [3.05, 3.63) is 18.2 Å². The molecule has 0 spiro atoms. The van der Waals surface area contributed by atoms with Gasteiger partial charge in [0.1, 0.15) is 0 Å². The van der Waals surface area contributed by atoms with Crippen molar-refractivity contribution in [2.24, 2.45) is 29.6 Å². The van der Waals surface area contributed by atoms with E-state index in [9.17, 15) is 9.59 Å². The van der Waals surface area contributed by atoms with E-state index < -0.39 is 0 Å². The zero-order chi connectivity index (χ0) is 18.8. The predicted molar refractivity (Wildman–Crippen MR) is 102 cm³/mol. The summed E-state index contributed by atoms with van der Waals surface area (Å²) in [7, 11) is 0. The molecule has 1 N–H and O–H groups in total. The van der Waals surface area contributed by atoms with E-state index in [0.717, 1.165) is 29.9 Å². The number of amides is 2. The molecule has 0 aromatic heterocycles. The van der Waals surface area contributed by atoms with Crippen molar-refractivity contribution in [2.75, 3.05) is 18.2 Å². The van der Waals surface area contributed by atoms with Crippen LogP contribution in [0.3, 0.4) is 0 Å². The van der Waals surface area contributed by atoms with E-state index in [1.54, 1.807) is 4.90 Å². The van der Waals surface area contributed by atoms with Crippen LogP contribution in [0.15, 0.2) is 18.2 Å². The van der Waals surface area contributed by atoms with Crippen LogP contribution in [0.4, 0.5) is 5.69 Å². The lowest BCUT2D eigenvalue weighted by Gasteiger charge is -2.32. The maximum Gasteiger partial charge on any atom is 0.231 e. The fourth-order valence-electron chi connectivity index (χ4n) is 6.72. The fourth-order valence-corrected chi connectivity index (χ4v) is 6.72. The number of carbonyl (C=O) groups is 2. The van der Waals surface area contributed by atoms with Crippen molar-refractivity contribution < 1.29 is 19.1 Å². The first-order chi connectivity index (χ1) is 13.7. The Labute approximate surface area is 164 Å². The van der Waals surface area contributed by atoms with Crippen molar-refractivity contribution in [1.29, 1.82) is 0 Å². The van der Waals surface area contributed by atoms with Gasteiger partial charge in [-0.15, -0.1) is 0 Å². The summed E-state index contributed by atoms with van der Waals surface area (Å²) in [6, 6.07) is 5.84. The Kier molecular flexibility index (Phi) is 3.65. The van der Waals surface area contributed by atoms with Crippen LogP contribution in [0.5, 0.6) is 11.5 Å². The van der Waals surface area contributed by atoms with Crippen LogP contribution in [-0.4, -0.2) is 31.2 Å². The SMILES string of the molecule is O=C(NC1CC2CC1C1CCCC21)C1CC(=O)N(c2ccc3c(c2)OCO3)C1.